The lowest BCUT2D eigenvalue weighted by atomic mass is 9.78. The summed E-state index contributed by atoms with van der Waals surface area (Å²) < 4.78 is 10.4. The molecule has 5 nitrogen and oxygen atoms in total. The van der Waals surface area contributed by atoms with Crippen molar-refractivity contribution in [2.75, 3.05) is 20.0 Å². The van der Waals surface area contributed by atoms with E-state index in [2.05, 4.69) is 19.2 Å². The van der Waals surface area contributed by atoms with Crippen LogP contribution in [0.1, 0.15) is 43.5 Å². The van der Waals surface area contributed by atoms with Gasteiger partial charge in [0.05, 0.1) is 7.11 Å². The molecule has 1 aliphatic carbocycles. The van der Waals surface area contributed by atoms with Crippen LogP contribution in [-0.4, -0.2) is 37.9 Å². The Morgan fingerprint density at radius 2 is 2.04 bits per heavy atom. The third kappa shape index (κ3) is 5.14. The molecule has 0 aliphatic heterocycles. The molecule has 138 valence electrons. The second-order valence-electron chi connectivity index (χ2n) is 6.58. The number of methoxy groups -OCH3 is 1. The quantitative estimate of drug-likeness (QED) is 0.617. The molecule has 0 aromatic heterocycles. The van der Waals surface area contributed by atoms with E-state index in [9.17, 15) is 9.59 Å². The zero-order valence-corrected chi connectivity index (χ0v) is 16.2. The Morgan fingerprint density at radius 3 is 2.72 bits per heavy atom. The fraction of sp³-hybridized carbons (Fsp3) is 0.579. The van der Waals surface area contributed by atoms with E-state index in [4.69, 9.17) is 9.47 Å². The molecule has 1 N–H and O–H groups in total. The van der Waals surface area contributed by atoms with Crippen molar-refractivity contribution in [2.45, 2.75) is 44.0 Å². The molecule has 0 unspecified atom stereocenters. The number of hydrogen-bond donors (Lipinski definition) is 1. The van der Waals surface area contributed by atoms with Gasteiger partial charge in [0.25, 0.3) is 5.91 Å². The van der Waals surface area contributed by atoms with E-state index in [0.29, 0.717) is 23.1 Å². The van der Waals surface area contributed by atoms with Crippen molar-refractivity contribution in [1.29, 1.82) is 0 Å². The molecule has 6 heteroatoms. The number of hydrogen-bond acceptors (Lipinski definition) is 5. The van der Waals surface area contributed by atoms with Gasteiger partial charge in [-0.05, 0) is 42.7 Å². The van der Waals surface area contributed by atoms with Gasteiger partial charge in [-0.3, -0.25) is 4.79 Å². The summed E-state index contributed by atoms with van der Waals surface area (Å²) in [5.74, 6) is 0.684. The normalized spacial score (nSPS) is 23.0. The molecule has 0 saturated heterocycles. The first-order valence-corrected chi connectivity index (χ1v) is 9.87. The Hall–Kier alpha value is -1.69. The van der Waals surface area contributed by atoms with E-state index < -0.39 is 5.97 Å². The molecule has 0 heterocycles. The summed E-state index contributed by atoms with van der Waals surface area (Å²) in [7, 11) is 1.51. The summed E-state index contributed by atoms with van der Waals surface area (Å²) in [6.07, 6.45) is 5.25. The molecule has 1 aromatic carbocycles. The number of ether oxygens (including phenoxy) is 2. The van der Waals surface area contributed by atoms with E-state index in [1.165, 1.54) is 13.5 Å². The van der Waals surface area contributed by atoms with Gasteiger partial charge in [-0.15, -0.1) is 11.8 Å². The number of carbonyl (C=O) groups is 2. The van der Waals surface area contributed by atoms with Gasteiger partial charge in [0.2, 0.25) is 0 Å². The van der Waals surface area contributed by atoms with Crippen molar-refractivity contribution in [2.24, 2.45) is 11.8 Å². The summed E-state index contributed by atoms with van der Waals surface area (Å²) in [6.45, 7) is 4.11. The van der Waals surface area contributed by atoms with Crippen LogP contribution in [0.25, 0.3) is 0 Å². The predicted molar refractivity (Wildman–Crippen MR) is 99.2 cm³/mol. The van der Waals surface area contributed by atoms with E-state index in [0.717, 1.165) is 17.7 Å². The number of amides is 1. The SMILES string of the molecule is COc1cc(SC)ccc1C(=O)OCC(=O)N[C@@H]1CCC[C@@H](C)[C@@H]1C. The van der Waals surface area contributed by atoms with Crippen molar-refractivity contribution in [3.05, 3.63) is 23.8 Å². The van der Waals surface area contributed by atoms with E-state index in [1.54, 1.807) is 23.9 Å². The summed E-state index contributed by atoms with van der Waals surface area (Å²) in [5.41, 5.74) is 0.327. The van der Waals surface area contributed by atoms with E-state index >= 15 is 0 Å². The van der Waals surface area contributed by atoms with Crippen molar-refractivity contribution in [1.82, 2.24) is 5.32 Å². The van der Waals surface area contributed by atoms with Crippen molar-refractivity contribution >= 4 is 23.6 Å². The van der Waals surface area contributed by atoms with Crippen molar-refractivity contribution in [3.63, 3.8) is 0 Å². The highest BCUT2D eigenvalue weighted by molar-refractivity contribution is 7.98. The van der Waals surface area contributed by atoms with Crippen molar-refractivity contribution < 1.29 is 19.1 Å². The van der Waals surface area contributed by atoms with E-state index in [1.807, 2.05) is 12.3 Å². The van der Waals surface area contributed by atoms with Crippen LogP contribution in [0, 0.1) is 11.8 Å². The Balaban J connectivity index is 1.90. The van der Waals surface area contributed by atoms with Crippen LogP contribution < -0.4 is 10.1 Å². The minimum atomic E-state index is -0.551. The van der Waals surface area contributed by atoms with Crippen LogP contribution in [-0.2, 0) is 9.53 Å². The second-order valence-corrected chi connectivity index (χ2v) is 7.46. The highest BCUT2D eigenvalue weighted by atomic mass is 32.2. The molecule has 0 radical (unpaired) electrons. The maximum absolute atomic E-state index is 12.2. The first kappa shape index (κ1) is 19.6. The van der Waals surface area contributed by atoms with Crippen LogP contribution in [0.5, 0.6) is 5.75 Å². The molecule has 1 aliphatic rings. The smallest absolute Gasteiger partial charge is 0.342 e. The van der Waals surface area contributed by atoms with Gasteiger partial charge in [-0.2, -0.15) is 0 Å². The maximum Gasteiger partial charge on any atom is 0.342 e. The third-order valence-electron chi connectivity index (χ3n) is 5.02. The lowest BCUT2D eigenvalue weighted by molar-refractivity contribution is -0.125. The molecule has 0 spiro atoms. The van der Waals surface area contributed by atoms with Crippen LogP contribution in [0.15, 0.2) is 23.1 Å². The molecule has 1 amide bonds. The van der Waals surface area contributed by atoms with Gasteiger partial charge in [0.1, 0.15) is 11.3 Å². The highest BCUT2D eigenvalue weighted by Gasteiger charge is 2.28. The fourth-order valence-corrected chi connectivity index (χ4v) is 3.64. The zero-order valence-electron chi connectivity index (χ0n) is 15.3. The number of carbonyl (C=O) groups excluding carboxylic acids is 2. The molecule has 25 heavy (non-hydrogen) atoms. The van der Waals surface area contributed by atoms with E-state index in [-0.39, 0.29) is 18.6 Å². The molecule has 3 atom stereocenters. The topological polar surface area (TPSA) is 64.6 Å². The summed E-state index contributed by atoms with van der Waals surface area (Å²) in [5, 5.41) is 3.00. The Morgan fingerprint density at radius 1 is 1.28 bits per heavy atom. The molecule has 1 fully saturated rings. The number of benzene rings is 1. The Labute approximate surface area is 153 Å². The first-order valence-electron chi connectivity index (χ1n) is 8.64. The second kappa shape index (κ2) is 9.13. The lowest BCUT2D eigenvalue weighted by Gasteiger charge is -2.34. The van der Waals surface area contributed by atoms with Crippen LogP contribution in [0.3, 0.4) is 0 Å². The predicted octanol–water partition coefficient (Wildman–Crippen LogP) is 3.51. The molecule has 1 saturated carbocycles. The Bertz CT molecular complexity index is 619. The van der Waals surface area contributed by atoms with Gasteiger partial charge in [-0.25, -0.2) is 4.79 Å². The van der Waals surface area contributed by atoms with Gasteiger partial charge < -0.3 is 14.8 Å². The lowest BCUT2D eigenvalue weighted by Crippen LogP contribution is -2.45. The fourth-order valence-electron chi connectivity index (χ4n) is 3.21. The summed E-state index contributed by atoms with van der Waals surface area (Å²) in [6, 6.07) is 5.43. The largest absolute Gasteiger partial charge is 0.496 e. The molecular formula is C19H27NO4S. The minimum Gasteiger partial charge on any atom is -0.496 e. The van der Waals surface area contributed by atoms with Crippen LogP contribution >= 0.6 is 11.8 Å². The van der Waals surface area contributed by atoms with Gasteiger partial charge in [0, 0.05) is 10.9 Å². The maximum atomic E-state index is 12.2. The van der Waals surface area contributed by atoms with Gasteiger partial charge >= 0.3 is 5.97 Å². The molecule has 0 bridgehead atoms. The van der Waals surface area contributed by atoms with Crippen molar-refractivity contribution in [3.8, 4) is 5.75 Å². The highest BCUT2D eigenvalue weighted by Crippen LogP contribution is 2.29. The van der Waals surface area contributed by atoms with Gasteiger partial charge in [-0.1, -0.05) is 26.7 Å². The Kier molecular flexibility index (Phi) is 7.17. The zero-order chi connectivity index (χ0) is 18.4. The summed E-state index contributed by atoms with van der Waals surface area (Å²) in [4.78, 5) is 25.4. The number of rotatable bonds is 6. The minimum absolute atomic E-state index is 0.158. The molecular weight excluding hydrogens is 338 g/mol. The summed E-state index contributed by atoms with van der Waals surface area (Å²) >= 11 is 1.56. The average Bonchev–Trinajstić information content (AvgIpc) is 2.62. The molecule has 1 aromatic rings. The standard InChI is InChI=1S/C19H27NO4S/c1-12-6-5-7-16(13(12)2)20-18(21)11-24-19(22)15-9-8-14(25-4)10-17(15)23-3/h8-10,12-13,16H,5-7,11H2,1-4H3,(H,20,21)/t12-,13+,16-/m1/s1. The van der Waals surface area contributed by atoms with Crippen LogP contribution in [0.4, 0.5) is 0 Å². The first-order chi connectivity index (χ1) is 12.0. The number of esters is 1. The molecule has 2 rings (SSSR count). The number of nitrogens with one attached hydrogen (secondary N) is 1. The average molecular weight is 365 g/mol. The van der Waals surface area contributed by atoms with Gasteiger partial charge in [0.15, 0.2) is 6.61 Å². The monoisotopic (exact) mass is 365 g/mol. The number of thioether (sulfide) groups is 1. The third-order valence-corrected chi connectivity index (χ3v) is 5.74. The van der Waals surface area contributed by atoms with Crippen LogP contribution in [0.2, 0.25) is 0 Å².